The molecular formula is C12H14FN3O2. The van der Waals surface area contributed by atoms with E-state index in [-0.39, 0.29) is 5.82 Å². The zero-order valence-electron chi connectivity index (χ0n) is 9.80. The van der Waals surface area contributed by atoms with Crippen LogP contribution in [0.4, 0.5) is 4.39 Å². The summed E-state index contributed by atoms with van der Waals surface area (Å²) in [5.74, 6) is 0.514. The number of hydrogen-bond donors (Lipinski definition) is 1. The van der Waals surface area contributed by atoms with Crippen LogP contribution in [0.1, 0.15) is 5.89 Å². The third-order valence-corrected chi connectivity index (χ3v) is 2.27. The summed E-state index contributed by atoms with van der Waals surface area (Å²) in [6, 6.07) is 6.05. The lowest BCUT2D eigenvalue weighted by molar-refractivity contribution is 0.138. The van der Waals surface area contributed by atoms with Crippen LogP contribution in [0.25, 0.3) is 11.4 Å². The molecule has 0 atom stereocenters. The van der Waals surface area contributed by atoms with Crippen molar-refractivity contribution in [3.05, 3.63) is 36.0 Å². The molecule has 0 bridgehead atoms. The van der Waals surface area contributed by atoms with Crippen LogP contribution in [0, 0.1) is 5.82 Å². The molecule has 0 aliphatic carbocycles. The number of halogens is 1. The molecule has 1 heterocycles. The molecule has 2 N–H and O–H groups in total. The molecule has 0 fully saturated rings. The van der Waals surface area contributed by atoms with Gasteiger partial charge >= 0.3 is 0 Å². The Hall–Kier alpha value is -1.79. The molecule has 5 nitrogen and oxygen atoms in total. The topological polar surface area (TPSA) is 74.2 Å². The molecule has 1 aromatic carbocycles. The molecule has 0 radical (unpaired) electrons. The summed E-state index contributed by atoms with van der Waals surface area (Å²) in [6.07, 6.45) is 0.516. The first-order valence-electron chi connectivity index (χ1n) is 5.66. The fourth-order valence-corrected chi connectivity index (χ4v) is 1.45. The first kappa shape index (κ1) is 12.7. The highest BCUT2D eigenvalue weighted by atomic mass is 19.1. The molecule has 2 aromatic rings. The van der Waals surface area contributed by atoms with Gasteiger partial charge in [0.1, 0.15) is 5.82 Å². The molecule has 0 unspecified atom stereocenters. The molecular weight excluding hydrogens is 237 g/mol. The summed E-state index contributed by atoms with van der Waals surface area (Å²) >= 11 is 0. The Bertz CT molecular complexity index is 502. The van der Waals surface area contributed by atoms with Gasteiger partial charge in [-0.3, -0.25) is 0 Å². The van der Waals surface area contributed by atoms with Crippen LogP contribution in [0.3, 0.4) is 0 Å². The Morgan fingerprint density at radius 1 is 1.33 bits per heavy atom. The first-order valence-corrected chi connectivity index (χ1v) is 5.66. The normalized spacial score (nSPS) is 10.8. The van der Waals surface area contributed by atoms with Crippen LogP contribution in [0.5, 0.6) is 0 Å². The van der Waals surface area contributed by atoms with Crippen LogP contribution in [0.15, 0.2) is 28.8 Å². The minimum atomic E-state index is -0.329. The van der Waals surface area contributed by atoms with Crippen LogP contribution in [-0.4, -0.2) is 29.9 Å². The fourth-order valence-electron chi connectivity index (χ4n) is 1.45. The first-order chi connectivity index (χ1) is 8.79. The summed E-state index contributed by atoms with van der Waals surface area (Å²) in [5, 5.41) is 3.79. The number of nitrogens with zero attached hydrogens (tertiary/aromatic N) is 2. The molecule has 0 aliphatic heterocycles. The largest absolute Gasteiger partial charge is 0.380 e. The van der Waals surface area contributed by atoms with Crippen molar-refractivity contribution in [1.82, 2.24) is 10.1 Å². The number of benzene rings is 1. The van der Waals surface area contributed by atoms with Gasteiger partial charge in [0.15, 0.2) is 0 Å². The van der Waals surface area contributed by atoms with Gasteiger partial charge in [-0.15, -0.1) is 0 Å². The lowest BCUT2D eigenvalue weighted by Crippen LogP contribution is -2.10. The van der Waals surface area contributed by atoms with E-state index >= 15 is 0 Å². The molecule has 96 valence electrons. The van der Waals surface area contributed by atoms with Crippen molar-refractivity contribution in [2.45, 2.75) is 6.42 Å². The lowest BCUT2D eigenvalue weighted by atomic mass is 10.2. The third-order valence-electron chi connectivity index (χ3n) is 2.27. The van der Waals surface area contributed by atoms with Gasteiger partial charge in [-0.05, 0) is 12.1 Å². The van der Waals surface area contributed by atoms with Crippen molar-refractivity contribution in [1.29, 1.82) is 0 Å². The summed E-state index contributed by atoms with van der Waals surface area (Å²) in [6.45, 7) is 1.46. The van der Waals surface area contributed by atoms with Crippen molar-refractivity contribution in [3.63, 3.8) is 0 Å². The zero-order valence-corrected chi connectivity index (χ0v) is 9.80. The summed E-state index contributed by atoms with van der Waals surface area (Å²) in [5.41, 5.74) is 5.88. The van der Waals surface area contributed by atoms with E-state index in [2.05, 4.69) is 10.1 Å². The van der Waals surface area contributed by atoms with E-state index in [4.69, 9.17) is 15.0 Å². The van der Waals surface area contributed by atoms with Gasteiger partial charge in [0.2, 0.25) is 11.7 Å². The standard InChI is InChI=1S/C12H14FN3O2/c13-10-3-1-2-9(8-10)12-15-11(18-16-12)4-6-17-7-5-14/h1-3,8H,4-7,14H2. The van der Waals surface area contributed by atoms with Crippen LogP contribution < -0.4 is 5.73 Å². The maximum atomic E-state index is 13.0. The predicted molar refractivity (Wildman–Crippen MR) is 63.3 cm³/mol. The number of rotatable bonds is 6. The Morgan fingerprint density at radius 2 is 2.22 bits per heavy atom. The molecule has 6 heteroatoms. The van der Waals surface area contributed by atoms with Gasteiger partial charge in [-0.1, -0.05) is 17.3 Å². The van der Waals surface area contributed by atoms with Crippen LogP contribution in [-0.2, 0) is 11.2 Å². The molecule has 0 amide bonds. The van der Waals surface area contributed by atoms with Crippen LogP contribution >= 0.6 is 0 Å². The summed E-state index contributed by atoms with van der Waals surface area (Å²) < 4.78 is 23.3. The van der Waals surface area contributed by atoms with Crippen LogP contribution in [0.2, 0.25) is 0 Å². The van der Waals surface area contributed by atoms with E-state index in [1.807, 2.05) is 0 Å². The molecule has 0 saturated heterocycles. The SMILES string of the molecule is NCCOCCc1nc(-c2cccc(F)c2)no1. The van der Waals surface area contributed by atoms with Crippen molar-refractivity contribution in [2.24, 2.45) is 5.73 Å². The minimum Gasteiger partial charge on any atom is -0.380 e. The second-order valence-electron chi connectivity index (χ2n) is 3.67. The van der Waals surface area contributed by atoms with Gasteiger partial charge < -0.3 is 15.0 Å². The average Bonchev–Trinajstić information content (AvgIpc) is 2.83. The lowest BCUT2D eigenvalue weighted by Gasteiger charge is -1.97. The van der Waals surface area contributed by atoms with Crippen molar-refractivity contribution >= 4 is 0 Å². The zero-order chi connectivity index (χ0) is 12.8. The molecule has 0 saturated carbocycles. The molecule has 18 heavy (non-hydrogen) atoms. The van der Waals surface area contributed by atoms with Gasteiger partial charge in [0.05, 0.1) is 19.6 Å². The molecule has 0 spiro atoms. The fraction of sp³-hybridized carbons (Fsp3) is 0.333. The van der Waals surface area contributed by atoms with Gasteiger partial charge in [-0.25, -0.2) is 4.39 Å². The second kappa shape index (κ2) is 6.23. The highest BCUT2D eigenvalue weighted by Crippen LogP contribution is 2.16. The second-order valence-corrected chi connectivity index (χ2v) is 3.67. The highest BCUT2D eigenvalue weighted by molar-refractivity contribution is 5.53. The smallest absolute Gasteiger partial charge is 0.229 e. The average molecular weight is 251 g/mol. The van der Waals surface area contributed by atoms with Crippen molar-refractivity contribution in [2.75, 3.05) is 19.8 Å². The Morgan fingerprint density at radius 3 is 3.00 bits per heavy atom. The van der Waals surface area contributed by atoms with Gasteiger partial charge in [-0.2, -0.15) is 4.98 Å². The van der Waals surface area contributed by atoms with E-state index in [1.165, 1.54) is 12.1 Å². The number of ether oxygens (including phenoxy) is 1. The Labute approximate surface area is 104 Å². The van der Waals surface area contributed by atoms with E-state index < -0.39 is 0 Å². The number of aromatic nitrogens is 2. The van der Waals surface area contributed by atoms with Gasteiger partial charge in [0, 0.05) is 12.1 Å². The quantitative estimate of drug-likeness (QED) is 0.785. The van der Waals surface area contributed by atoms with E-state index in [9.17, 15) is 4.39 Å². The Balaban J connectivity index is 1.97. The maximum absolute atomic E-state index is 13.0. The van der Waals surface area contributed by atoms with Crippen molar-refractivity contribution in [3.8, 4) is 11.4 Å². The maximum Gasteiger partial charge on any atom is 0.229 e. The summed E-state index contributed by atoms with van der Waals surface area (Å²) in [4.78, 5) is 4.16. The van der Waals surface area contributed by atoms with Crippen molar-refractivity contribution < 1.29 is 13.7 Å². The molecule has 1 aromatic heterocycles. The monoisotopic (exact) mass is 251 g/mol. The van der Waals surface area contributed by atoms with E-state index in [0.717, 1.165) is 0 Å². The third kappa shape index (κ3) is 3.35. The highest BCUT2D eigenvalue weighted by Gasteiger charge is 2.08. The van der Waals surface area contributed by atoms with E-state index in [0.29, 0.717) is 43.5 Å². The Kier molecular flexibility index (Phi) is 4.38. The minimum absolute atomic E-state index is 0.329. The molecule has 2 rings (SSSR count). The predicted octanol–water partition coefficient (Wildman–Crippen LogP) is 1.39. The summed E-state index contributed by atoms with van der Waals surface area (Å²) in [7, 11) is 0. The van der Waals surface area contributed by atoms with Gasteiger partial charge in [0.25, 0.3) is 0 Å². The van der Waals surface area contributed by atoms with E-state index in [1.54, 1.807) is 12.1 Å². The number of nitrogens with two attached hydrogens (primary N) is 1. The number of hydrogen-bond acceptors (Lipinski definition) is 5. The molecule has 0 aliphatic rings.